The minimum Gasteiger partial charge on any atom is -0.211 e. The van der Waals surface area contributed by atoms with Gasteiger partial charge in [0, 0.05) is 10.7 Å². The zero-order valence-corrected chi connectivity index (χ0v) is 7.11. The van der Waals surface area contributed by atoms with Crippen molar-refractivity contribution in [3.63, 3.8) is 0 Å². The zero-order chi connectivity index (χ0) is 8.20. The molecule has 0 aromatic rings. The van der Waals surface area contributed by atoms with Crippen LogP contribution in [0.2, 0.25) is 0 Å². The Kier molecular flexibility index (Phi) is 3.69. The van der Waals surface area contributed by atoms with E-state index in [0.717, 1.165) is 0 Å². The normalized spacial score (nSPS) is 14.1. The van der Waals surface area contributed by atoms with Crippen molar-refractivity contribution in [3.8, 4) is 6.07 Å². The molecule has 0 aromatic heterocycles. The summed E-state index contributed by atoms with van der Waals surface area (Å²) in [5.74, 6) is 0. The Balaban J connectivity index is 4.27. The molecule has 5 heteroatoms. The first-order valence-corrected chi connectivity index (χ1v) is 5.22. The lowest BCUT2D eigenvalue weighted by Gasteiger charge is -1.99. The monoisotopic (exact) mass is 181 g/mol. The van der Waals surface area contributed by atoms with Gasteiger partial charge in [0.1, 0.15) is 0 Å². The molecule has 0 amide bonds. The lowest BCUT2D eigenvalue weighted by molar-refractivity contribution is 0.598. The van der Waals surface area contributed by atoms with Crippen LogP contribution in [0.3, 0.4) is 0 Å². The van der Waals surface area contributed by atoms with E-state index in [1.54, 1.807) is 13.0 Å². The van der Waals surface area contributed by atoms with Gasteiger partial charge in [-0.1, -0.05) is 13.3 Å². The third-order valence-corrected chi connectivity index (χ3v) is 2.70. The molecule has 0 saturated heterocycles. The number of hydrogen-bond donors (Lipinski definition) is 0. The van der Waals surface area contributed by atoms with Crippen LogP contribution in [-0.2, 0) is 9.05 Å². The fourth-order valence-electron chi connectivity index (χ4n) is 0.530. The van der Waals surface area contributed by atoms with Crippen molar-refractivity contribution in [2.45, 2.75) is 25.0 Å². The molecule has 0 bridgehead atoms. The standard InChI is InChI=1S/C5H8ClNO2S/c1-2-3-5(4-7)10(6,8)9/h5H,2-3H2,1H3. The van der Waals surface area contributed by atoms with E-state index in [0.29, 0.717) is 12.8 Å². The lowest BCUT2D eigenvalue weighted by atomic mass is 10.3. The number of nitriles is 1. The Bertz CT molecular complexity index is 229. The van der Waals surface area contributed by atoms with E-state index in [4.69, 9.17) is 15.9 Å². The molecule has 0 aliphatic carbocycles. The van der Waals surface area contributed by atoms with Crippen LogP contribution in [0, 0.1) is 11.3 Å². The molecule has 3 nitrogen and oxygen atoms in total. The highest BCUT2D eigenvalue weighted by atomic mass is 35.7. The summed E-state index contributed by atoms with van der Waals surface area (Å²) in [6.07, 6.45) is 0.951. The van der Waals surface area contributed by atoms with Gasteiger partial charge in [0.15, 0.2) is 5.25 Å². The molecule has 0 rings (SSSR count). The quantitative estimate of drug-likeness (QED) is 0.616. The first kappa shape index (κ1) is 9.73. The average Bonchev–Trinajstić information content (AvgIpc) is 1.80. The fourth-order valence-corrected chi connectivity index (χ4v) is 1.56. The number of hydrogen-bond acceptors (Lipinski definition) is 3. The van der Waals surface area contributed by atoms with Crippen LogP contribution in [0.1, 0.15) is 19.8 Å². The van der Waals surface area contributed by atoms with Gasteiger partial charge in [-0.2, -0.15) is 5.26 Å². The third-order valence-electron chi connectivity index (χ3n) is 1.03. The van der Waals surface area contributed by atoms with E-state index in [1.165, 1.54) is 0 Å². The van der Waals surface area contributed by atoms with Gasteiger partial charge in [-0.25, -0.2) is 8.42 Å². The first-order valence-electron chi connectivity index (χ1n) is 2.85. The van der Waals surface area contributed by atoms with Gasteiger partial charge in [0.25, 0.3) is 0 Å². The van der Waals surface area contributed by atoms with Gasteiger partial charge in [-0.15, -0.1) is 0 Å². The number of nitrogens with zero attached hydrogens (tertiary/aromatic N) is 1. The van der Waals surface area contributed by atoms with Crippen LogP contribution in [-0.4, -0.2) is 13.7 Å². The largest absolute Gasteiger partial charge is 0.248 e. The predicted octanol–water partition coefficient (Wildman–Crippen LogP) is 1.25. The second-order valence-electron chi connectivity index (χ2n) is 1.88. The van der Waals surface area contributed by atoms with Crippen LogP contribution in [0.25, 0.3) is 0 Å². The molecule has 58 valence electrons. The second kappa shape index (κ2) is 3.79. The maximum atomic E-state index is 10.5. The lowest BCUT2D eigenvalue weighted by Crippen LogP contribution is -2.12. The Hall–Kier alpha value is -0.270. The Morgan fingerprint density at radius 1 is 1.70 bits per heavy atom. The molecular formula is C5H8ClNO2S. The summed E-state index contributed by atoms with van der Waals surface area (Å²) in [6.45, 7) is 1.80. The molecule has 0 aliphatic rings. The molecular weight excluding hydrogens is 174 g/mol. The number of rotatable bonds is 3. The van der Waals surface area contributed by atoms with Crippen molar-refractivity contribution in [2.24, 2.45) is 0 Å². The smallest absolute Gasteiger partial charge is 0.211 e. The Labute approximate surface area is 65.0 Å². The van der Waals surface area contributed by atoms with Gasteiger partial charge in [0.05, 0.1) is 6.07 Å². The van der Waals surface area contributed by atoms with Crippen LogP contribution >= 0.6 is 10.7 Å². The highest BCUT2D eigenvalue weighted by Crippen LogP contribution is 2.11. The van der Waals surface area contributed by atoms with Gasteiger partial charge >= 0.3 is 0 Å². The summed E-state index contributed by atoms with van der Waals surface area (Å²) in [7, 11) is 1.26. The van der Waals surface area contributed by atoms with E-state index in [1.807, 2.05) is 0 Å². The van der Waals surface area contributed by atoms with E-state index >= 15 is 0 Å². The third kappa shape index (κ3) is 3.04. The van der Waals surface area contributed by atoms with E-state index in [2.05, 4.69) is 0 Å². The van der Waals surface area contributed by atoms with Crippen molar-refractivity contribution in [3.05, 3.63) is 0 Å². The molecule has 0 spiro atoms. The van der Waals surface area contributed by atoms with Crippen molar-refractivity contribution >= 4 is 19.7 Å². The van der Waals surface area contributed by atoms with Crippen LogP contribution in [0.4, 0.5) is 0 Å². The summed E-state index contributed by atoms with van der Waals surface area (Å²) in [4.78, 5) is 0. The minimum atomic E-state index is -3.67. The molecule has 1 unspecified atom stereocenters. The molecule has 1 atom stereocenters. The van der Waals surface area contributed by atoms with E-state index in [9.17, 15) is 8.42 Å². The average molecular weight is 182 g/mol. The predicted molar refractivity (Wildman–Crippen MR) is 39.1 cm³/mol. The molecule has 0 saturated carbocycles. The Morgan fingerprint density at radius 3 is 2.30 bits per heavy atom. The summed E-state index contributed by atoms with van der Waals surface area (Å²) >= 11 is 0. The van der Waals surface area contributed by atoms with Crippen molar-refractivity contribution in [1.29, 1.82) is 5.26 Å². The topological polar surface area (TPSA) is 57.9 Å². The van der Waals surface area contributed by atoms with E-state index in [-0.39, 0.29) is 0 Å². The van der Waals surface area contributed by atoms with Gasteiger partial charge < -0.3 is 0 Å². The summed E-state index contributed by atoms with van der Waals surface area (Å²) in [6, 6.07) is 1.62. The van der Waals surface area contributed by atoms with Gasteiger partial charge in [0.2, 0.25) is 9.05 Å². The SMILES string of the molecule is CCCC(C#N)S(=O)(=O)Cl. The highest BCUT2D eigenvalue weighted by Gasteiger charge is 2.20. The first-order chi connectivity index (χ1) is 4.52. The fraction of sp³-hybridized carbons (Fsp3) is 0.800. The summed E-state index contributed by atoms with van der Waals surface area (Å²) in [5, 5.41) is 7.24. The van der Waals surface area contributed by atoms with Crippen LogP contribution in [0.5, 0.6) is 0 Å². The molecule has 0 aromatic carbocycles. The maximum absolute atomic E-state index is 10.5. The molecule has 10 heavy (non-hydrogen) atoms. The van der Waals surface area contributed by atoms with Crippen LogP contribution in [0.15, 0.2) is 0 Å². The van der Waals surface area contributed by atoms with Gasteiger partial charge in [-0.3, -0.25) is 0 Å². The highest BCUT2D eigenvalue weighted by molar-refractivity contribution is 8.14. The zero-order valence-electron chi connectivity index (χ0n) is 5.54. The molecule has 0 aliphatic heterocycles. The summed E-state index contributed by atoms with van der Waals surface area (Å²) in [5.41, 5.74) is 0. The molecule has 0 fully saturated rings. The molecule has 0 heterocycles. The Morgan fingerprint density at radius 2 is 2.20 bits per heavy atom. The summed E-state index contributed by atoms with van der Waals surface area (Å²) < 4.78 is 21.0. The number of halogens is 1. The maximum Gasteiger partial charge on any atom is 0.248 e. The van der Waals surface area contributed by atoms with Gasteiger partial charge in [-0.05, 0) is 6.42 Å². The van der Waals surface area contributed by atoms with Crippen molar-refractivity contribution in [1.82, 2.24) is 0 Å². The molecule has 0 N–H and O–H groups in total. The van der Waals surface area contributed by atoms with Crippen molar-refractivity contribution < 1.29 is 8.42 Å². The van der Waals surface area contributed by atoms with Crippen LogP contribution < -0.4 is 0 Å². The van der Waals surface area contributed by atoms with Crippen molar-refractivity contribution in [2.75, 3.05) is 0 Å². The molecule has 0 radical (unpaired) electrons. The van der Waals surface area contributed by atoms with E-state index < -0.39 is 14.3 Å². The minimum absolute atomic E-state index is 0.308. The second-order valence-corrected chi connectivity index (χ2v) is 4.69.